The van der Waals surface area contributed by atoms with Crippen LogP contribution in [0.2, 0.25) is 0 Å². The number of carbonyl (C=O) groups is 1. The Morgan fingerprint density at radius 3 is 2.25 bits per heavy atom. The lowest BCUT2D eigenvalue weighted by atomic mass is 10.1. The Bertz CT molecular complexity index is 941. The summed E-state index contributed by atoms with van der Waals surface area (Å²) in [6.07, 6.45) is 3.89. The van der Waals surface area contributed by atoms with Crippen LogP contribution in [0, 0.1) is 0 Å². The van der Waals surface area contributed by atoms with Crippen LogP contribution >= 0.6 is 0 Å². The summed E-state index contributed by atoms with van der Waals surface area (Å²) >= 11 is 0. The standard InChI is InChI=1S/C21H22N4O3/c1-4-14-5-7-15(8-6-14)25-21(26)17-12-23-20(13-22-17)24-16-9-10-18(27-2)19(11-16)28-3/h5-13H,4H2,1-3H3,(H,23,24)(H,25,26). The lowest BCUT2D eigenvalue weighted by molar-refractivity contribution is 0.102. The molecule has 2 N–H and O–H groups in total. The van der Waals surface area contributed by atoms with Crippen LogP contribution in [0.25, 0.3) is 0 Å². The van der Waals surface area contributed by atoms with E-state index in [0.717, 1.165) is 17.8 Å². The molecule has 0 radical (unpaired) electrons. The first-order valence-electron chi connectivity index (χ1n) is 8.84. The van der Waals surface area contributed by atoms with Crippen LogP contribution in [0.3, 0.4) is 0 Å². The fourth-order valence-corrected chi connectivity index (χ4v) is 2.59. The molecule has 0 spiro atoms. The van der Waals surface area contributed by atoms with E-state index in [4.69, 9.17) is 9.47 Å². The van der Waals surface area contributed by atoms with Crippen LogP contribution in [0.1, 0.15) is 23.0 Å². The molecule has 3 aromatic rings. The Hall–Kier alpha value is -3.61. The number of ether oxygens (including phenoxy) is 2. The summed E-state index contributed by atoms with van der Waals surface area (Å²) in [5.41, 5.74) is 2.93. The molecule has 0 saturated carbocycles. The van der Waals surface area contributed by atoms with Gasteiger partial charge in [-0.15, -0.1) is 0 Å². The molecule has 3 rings (SSSR count). The average molecular weight is 378 g/mol. The topological polar surface area (TPSA) is 85.4 Å². The Morgan fingerprint density at radius 2 is 1.64 bits per heavy atom. The average Bonchev–Trinajstić information content (AvgIpc) is 2.74. The van der Waals surface area contributed by atoms with Crippen molar-refractivity contribution in [1.82, 2.24) is 9.97 Å². The fraction of sp³-hybridized carbons (Fsp3) is 0.190. The molecule has 28 heavy (non-hydrogen) atoms. The van der Waals surface area contributed by atoms with Gasteiger partial charge in [0.1, 0.15) is 11.5 Å². The number of rotatable bonds is 7. The van der Waals surface area contributed by atoms with Gasteiger partial charge in [-0.3, -0.25) is 4.79 Å². The highest BCUT2D eigenvalue weighted by Crippen LogP contribution is 2.30. The summed E-state index contributed by atoms with van der Waals surface area (Å²) in [5.74, 6) is 1.44. The van der Waals surface area contributed by atoms with Crippen LogP contribution in [-0.2, 0) is 6.42 Å². The molecular weight excluding hydrogens is 356 g/mol. The van der Waals surface area contributed by atoms with Crippen molar-refractivity contribution >= 4 is 23.1 Å². The first kappa shape index (κ1) is 19.2. The van der Waals surface area contributed by atoms with E-state index in [1.165, 1.54) is 18.0 Å². The van der Waals surface area contributed by atoms with E-state index in [9.17, 15) is 4.79 Å². The van der Waals surface area contributed by atoms with Crippen molar-refractivity contribution in [1.29, 1.82) is 0 Å². The Morgan fingerprint density at radius 1 is 0.929 bits per heavy atom. The van der Waals surface area contributed by atoms with Gasteiger partial charge < -0.3 is 20.1 Å². The molecule has 0 aliphatic rings. The molecule has 7 nitrogen and oxygen atoms in total. The first-order chi connectivity index (χ1) is 13.6. The highest BCUT2D eigenvalue weighted by atomic mass is 16.5. The molecule has 1 aromatic heterocycles. The van der Waals surface area contributed by atoms with Gasteiger partial charge in [0.05, 0.1) is 26.6 Å². The van der Waals surface area contributed by atoms with Gasteiger partial charge in [0, 0.05) is 17.4 Å². The Kier molecular flexibility index (Phi) is 6.06. The third-order valence-corrected chi connectivity index (χ3v) is 4.16. The van der Waals surface area contributed by atoms with Crippen molar-refractivity contribution in [2.45, 2.75) is 13.3 Å². The number of anilines is 3. The largest absolute Gasteiger partial charge is 0.493 e. The highest BCUT2D eigenvalue weighted by Gasteiger charge is 2.10. The zero-order chi connectivity index (χ0) is 19.9. The van der Waals surface area contributed by atoms with Crippen molar-refractivity contribution in [3.63, 3.8) is 0 Å². The molecule has 0 unspecified atom stereocenters. The number of carbonyl (C=O) groups excluding carboxylic acids is 1. The highest BCUT2D eigenvalue weighted by molar-refractivity contribution is 6.02. The zero-order valence-corrected chi connectivity index (χ0v) is 16.0. The summed E-state index contributed by atoms with van der Waals surface area (Å²) in [4.78, 5) is 20.8. The second-order valence-electron chi connectivity index (χ2n) is 5.99. The van der Waals surface area contributed by atoms with Crippen molar-refractivity contribution in [2.75, 3.05) is 24.9 Å². The van der Waals surface area contributed by atoms with Crippen LogP contribution in [0.5, 0.6) is 11.5 Å². The number of benzene rings is 2. The minimum atomic E-state index is -0.311. The van der Waals surface area contributed by atoms with Crippen LogP contribution in [-0.4, -0.2) is 30.1 Å². The maximum Gasteiger partial charge on any atom is 0.275 e. The van der Waals surface area contributed by atoms with Crippen molar-refractivity contribution in [3.8, 4) is 11.5 Å². The third kappa shape index (κ3) is 4.56. The van der Waals surface area contributed by atoms with Crippen LogP contribution in [0.4, 0.5) is 17.2 Å². The molecular formula is C21H22N4O3. The number of amides is 1. The summed E-state index contributed by atoms with van der Waals surface area (Å²) in [5, 5.41) is 5.93. The number of nitrogens with zero attached hydrogens (tertiary/aromatic N) is 2. The van der Waals surface area contributed by atoms with Gasteiger partial charge in [0.15, 0.2) is 11.5 Å². The molecule has 7 heteroatoms. The van der Waals surface area contributed by atoms with E-state index in [1.807, 2.05) is 30.3 Å². The van der Waals surface area contributed by atoms with E-state index < -0.39 is 0 Å². The molecule has 0 aliphatic carbocycles. The number of methoxy groups -OCH3 is 2. The van der Waals surface area contributed by atoms with E-state index in [-0.39, 0.29) is 11.6 Å². The smallest absolute Gasteiger partial charge is 0.275 e. The van der Waals surface area contributed by atoms with Crippen molar-refractivity contribution < 1.29 is 14.3 Å². The molecule has 0 fully saturated rings. The fourth-order valence-electron chi connectivity index (χ4n) is 2.59. The zero-order valence-electron chi connectivity index (χ0n) is 16.0. The summed E-state index contributed by atoms with van der Waals surface area (Å²) in [6, 6.07) is 13.1. The summed E-state index contributed by atoms with van der Waals surface area (Å²) < 4.78 is 10.5. The summed E-state index contributed by atoms with van der Waals surface area (Å²) in [6.45, 7) is 2.08. The monoisotopic (exact) mass is 378 g/mol. The van der Waals surface area contributed by atoms with Gasteiger partial charge in [-0.25, -0.2) is 9.97 Å². The number of nitrogens with one attached hydrogen (secondary N) is 2. The van der Waals surface area contributed by atoms with Crippen LogP contribution in [0.15, 0.2) is 54.9 Å². The molecule has 2 aromatic carbocycles. The first-order valence-corrected chi connectivity index (χ1v) is 8.84. The molecule has 144 valence electrons. The van der Waals surface area contributed by atoms with Crippen molar-refractivity contribution in [3.05, 3.63) is 66.1 Å². The minimum absolute atomic E-state index is 0.234. The normalized spacial score (nSPS) is 10.2. The lowest BCUT2D eigenvalue weighted by Crippen LogP contribution is -2.14. The lowest BCUT2D eigenvalue weighted by Gasteiger charge is -2.11. The number of hydrogen-bond acceptors (Lipinski definition) is 6. The Labute approximate surface area is 163 Å². The second-order valence-corrected chi connectivity index (χ2v) is 5.99. The summed E-state index contributed by atoms with van der Waals surface area (Å²) in [7, 11) is 3.16. The van der Waals surface area contributed by atoms with Gasteiger partial charge in [0.2, 0.25) is 0 Å². The van der Waals surface area contributed by atoms with E-state index in [0.29, 0.717) is 17.3 Å². The molecule has 0 atom stereocenters. The van der Waals surface area contributed by atoms with E-state index in [1.54, 1.807) is 26.4 Å². The number of aryl methyl sites for hydroxylation is 1. The molecule has 0 aliphatic heterocycles. The number of aromatic nitrogens is 2. The van der Waals surface area contributed by atoms with E-state index >= 15 is 0 Å². The number of hydrogen-bond donors (Lipinski definition) is 2. The third-order valence-electron chi connectivity index (χ3n) is 4.16. The SMILES string of the molecule is CCc1ccc(NC(=O)c2cnc(Nc3ccc(OC)c(OC)c3)cn2)cc1. The second kappa shape index (κ2) is 8.85. The van der Waals surface area contributed by atoms with Gasteiger partial charge in [0.25, 0.3) is 5.91 Å². The minimum Gasteiger partial charge on any atom is -0.493 e. The maximum atomic E-state index is 12.3. The molecule has 1 amide bonds. The van der Waals surface area contributed by atoms with Crippen LogP contribution < -0.4 is 20.1 Å². The predicted molar refractivity (Wildman–Crippen MR) is 109 cm³/mol. The molecule has 1 heterocycles. The van der Waals surface area contributed by atoms with Gasteiger partial charge >= 0.3 is 0 Å². The van der Waals surface area contributed by atoms with Gasteiger partial charge in [-0.2, -0.15) is 0 Å². The van der Waals surface area contributed by atoms with E-state index in [2.05, 4.69) is 27.5 Å². The van der Waals surface area contributed by atoms with Crippen molar-refractivity contribution in [2.24, 2.45) is 0 Å². The van der Waals surface area contributed by atoms with Gasteiger partial charge in [-0.05, 0) is 36.2 Å². The molecule has 0 saturated heterocycles. The maximum absolute atomic E-state index is 12.3. The quantitative estimate of drug-likeness (QED) is 0.645. The predicted octanol–water partition coefficient (Wildman–Crippen LogP) is 4.05. The van der Waals surface area contributed by atoms with Gasteiger partial charge in [-0.1, -0.05) is 19.1 Å². The Balaban J connectivity index is 1.66. The molecule has 0 bridgehead atoms.